The lowest BCUT2D eigenvalue weighted by molar-refractivity contribution is 0.0668. The lowest BCUT2D eigenvalue weighted by Gasteiger charge is -2.41. The second-order valence-electron chi connectivity index (χ2n) is 8.06. The molecule has 2 aromatic heterocycles. The maximum Gasteiger partial charge on any atom is 0.273 e. The second-order valence-corrected chi connectivity index (χ2v) is 8.78. The van der Waals surface area contributed by atoms with Gasteiger partial charge in [0.15, 0.2) is 0 Å². The van der Waals surface area contributed by atoms with Gasteiger partial charge < -0.3 is 14.5 Å². The number of carbonyl (C=O) groups is 1. The van der Waals surface area contributed by atoms with E-state index in [2.05, 4.69) is 16.0 Å². The highest BCUT2D eigenvalue weighted by Crippen LogP contribution is 2.35. The number of piperazine rings is 1. The minimum atomic E-state index is -0.0422. The Kier molecular flexibility index (Phi) is 5.60. The molecule has 3 aromatic rings. The number of rotatable bonds is 3. The summed E-state index contributed by atoms with van der Waals surface area (Å²) in [6.45, 7) is 4.89. The summed E-state index contributed by atoms with van der Waals surface area (Å²) in [5, 5.41) is 11.9. The van der Waals surface area contributed by atoms with Crippen molar-refractivity contribution in [3.8, 4) is 17.3 Å². The number of nitrogens with zero attached hydrogens (tertiary/aromatic N) is 5. The number of amides is 1. The van der Waals surface area contributed by atoms with Crippen LogP contribution in [-0.2, 0) is 17.8 Å². The summed E-state index contributed by atoms with van der Waals surface area (Å²) in [5.74, 6) is 0.666. The largest absolute Gasteiger partial charge is 0.376 e. The summed E-state index contributed by atoms with van der Waals surface area (Å²) in [6.07, 6.45) is 0.700. The van der Waals surface area contributed by atoms with E-state index in [-0.39, 0.29) is 11.9 Å². The molecule has 7 nitrogen and oxygen atoms in total. The highest BCUT2D eigenvalue weighted by molar-refractivity contribution is 7.07. The monoisotopic (exact) mass is 445 g/mol. The second kappa shape index (κ2) is 8.69. The van der Waals surface area contributed by atoms with E-state index in [4.69, 9.17) is 9.72 Å². The zero-order valence-electron chi connectivity index (χ0n) is 17.8. The van der Waals surface area contributed by atoms with Crippen LogP contribution in [0.3, 0.4) is 0 Å². The first kappa shape index (κ1) is 20.6. The van der Waals surface area contributed by atoms with E-state index in [1.807, 2.05) is 42.2 Å². The van der Waals surface area contributed by atoms with Crippen LogP contribution in [0.2, 0.25) is 0 Å². The van der Waals surface area contributed by atoms with Gasteiger partial charge in [0.1, 0.15) is 17.6 Å². The van der Waals surface area contributed by atoms with Gasteiger partial charge in [-0.05, 0) is 18.9 Å². The van der Waals surface area contributed by atoms with Crippen molar-refractivity contribution < 1.29 is 9.53 Å². The van der Waals surface area contributed by atoms with Gasteiger partial charge in [-0.2, -0.15) is 5.26 Å². The van der Waals surface area contributed by atoms with Crippen molar-refractivity contribution in [2.45, 2.75) is 26.0 Å². The number of carbonyl (C=O) groups excluding carboxylic acids is 1. The molecule has 0 radical (unpaired) electrons. The Labute approximate surface area is 190 Å². The van der Waals surface area contributed by atoms with E-state index in [0.29, 0.717) is 56.3 Å². The molecule has 0 bridgehead atoms. The molecule has 1 saturated heterocycles. The molecule has 1 amide bonds. The molecule has 162 valence electrons. The third kappa shape index (κ3) is 3.64. The van der Waals surface area contributed by atoms with Crippen molar-refractivity contribution in [3.05, 3.63) is 63.6 Å². The highest BCUT2D eigenvalue weighted by atomic mass is 32.1. The number of fused-ring (bicyclic) bond motifs is 1. The zero-order chi connectivity index (χ0) is 22.1. The molecule has 5 rings (SSSR count). The Morgan fingerprint density at radius 1 is 1.25 bits per heavy atom. The van der Waals surface area contributed by atoms with E-state index < -0.39 is 0 Å². The van der Waals surface area contributed by atoms with Gasteiger partial charge in [0.2, 0.25) is 0 Å². The quantitative estimate of drug-likeness (QED) is 0.614. The average molecular weight is 446 g/mol. The standard InChI is InChI=1S/C24H23N5O2S/c1-16-12-28(8-9-29(16)24(30)21-14-32-15-26-21)23-19(11-25)18-7-10-31-13-20(18)22(27-23)17-5-3-2-4-6-17/h2-6,14-16H,7-10,12-13H2,1H3. The van der Waals surface area contributed by atoms with Gasteiger partial charge in [-0.15, -0.1) is 11.3 Å². The summed E-state index contributed by atoms with van der Waals surface area (Å²) in [5.41, 5.74) is 6.75. The molecule has 8 heteroatoms. The number of thiazole rings is 1. The Morgan fingerprint density at radius 2 is 2.09 bits per heavy atom. The van der Waals surface area contributed by atoms with Crippen molar-refractivity contribution in [1.29, 1.82) is 5.26 Å². The summed E-state index contributed by atoms with van der Waals surface area (Å²) >= 11 is 1.42. The lowest BCUT2D eigenvalue weighted by Crippen LogP contribution is -2.54. The van der Waals surface area contributed by atoms with E-state index in [0.717, 1.165) is 22.4 Å². The van der Waals surface area contributed by atoms with Crippen LogP contribution in [0, 0.1) is 11.3 Å². The number of benzene rings is 1. The summed E-state index contributed by atoms with van der Waals surface area (Å²) in [6, 6.07) is 12.5. The minimum absolute atomic E-state index is 0.0224. The first-order valence-electron chi connectivity index (χ1n) is 10.7. The molecule has 0 saturated carbocycles. The number of nitriles is 1. The topological polar surface area (TPSA) is 82.4 Å². The number of aromatic nitrogens is 2. The maximum atomic E-state index is 12.8. The van der Waals surface area contributed by atoms with E-state index >= 15 is 0 Å². The summed E-state index contributed by atoms with van der Waals surface area (Å²) in [7, 11) is 0. The van der Waals surface area contributed by atoms with Crippen LogP contribution >= 0.6 is 11.3 Å². The Bertz CT molecular complexity index is 1170. The van der Waals surface area contributed by atoms with Crippen LogP contribution in [0.4, 0.5) is 5.82 Å². The van der Waals surface area contributed by atoms with Crippen LogP contribution in [-0.4, -0.2) is 53.1 Å². The molecule has 0 spiro atoms. The van der Waals surface area contributed by atoms with E-state index in [9.17, 15) is 10.1 Å². The fourth-order valence-corrected chi connectivity index (χ4v) is 5.06. The van der Waals surface area contributed by atoms with Gasteiger partial charge in [0.05, 0.1) is 30.0 Å². The van der Waals surface area contributed by atoms with Gasteiger partial charge in [-0.25, -0.2) is 9.97 Å². The molecule has 32 heavy (non-hydrogen) atoms. The smallest absolute Gasteiger partial charge is 0.273 e. The van der Waals surface area contributed by atoms with Gasteiger partial charge in [0.25, 0.3) is 5.91 Å². The lowest BCUT2D eigenvalue weighted by atomic mass is 9.93. The van der Waals surface area contributed by atoms with Crippen molar-refractivity contribution in [3.63, 3.8) is 0 Å². The van der Waals surface area contributed by atoms with Crippen molar-refractivity contribution in [2.75, 3.05) is 31.1 Å². The molecule has 1 atom stereocenters. The normalized spacial score (nSPS) is 18.2. The maximum absolute atomic E-state index is 12.8. The molecule has 1 fully saturated rings. The molecule has 1 unspecified atom stereocenters. The van der Waals surface area contributed by atoms with Crippen molar-refractivity contribution >= 4 is 23.1 Å². The third-order valence-corrected chi connectivity index (χ3v) is 6.72. The molecule has 1 aromatic carbocycles. The first-order valence-corrected chi connectivity index (χ1v) is 11.6. The summed E-state index contributed by atoms with van der Waals surface area (Å²) in [4.78, 5) is 26.0. The first-order chi connectivity index (χ1) is 15.7. The van der Waals surface area contributed by atoms with Crippen LogP contribution in [0.5, 0.6) is 0 Å². The Balaban J connectivity index is 1.51. The van der Waals surface area contributed by atoms with Crippen molar-refractivity contribution in [2.24, 2.45) is 0 Å². The fourth-order valence-electron chi connectivity index (χ4n) is 4.54. The minimum Gasteiger partial charge on any atom is -0.376 e. The van der Waals surface area contributed by atoms with Gasteiger partial charge >= 0.3 is 0 Å². The van der Waals surface area contributed by atoms with Gasteiger partial charge in [0, 0.05) is 42.2 Å². The van der Waals surface area contributed by atoms with Crippen LogP contribution in [0.25, 0.3) is 11.3 Å². The average Bonchev–Trinajstić information content (AvgIpc) is 3.38. The van der Waals surface area contributed by atoms with E-state index in [1.165, 1.54) is 11.3 Å². The molecule has 2 aliphatic rings. The SMILES string of the molecule is CC1CN(c2nc(-c3ccccc3)c3c(c2C#N)CCOC3)CCN1C(=O)c1cscn1. The number of pyridine rings is 1. The van der Waals surface area contributed by atoms with Crippen LogP contribution in [0.15, 0.2) is 41.2 Å². The molecule has 0 N–H and O–H groups in total. The van der Waals surface area contributed by atoms with Crippen molar-refractivity contribution in [1.82, 2.24) is 14.9 Å². The number of anilines is 1. The Morgan fingerprint density at radius 3 is 2.81 bits per heavy atom. The van der Waals surface area contributed by atoms with E-state index in [1.54, 1.807) is 10.9 Å². The molecular formula is C24H23N5O2S. The highest BCUT2D eigenvalue weighted by Gasteiger charge is 2.32. The molecule has 0 aliphatic carbocycles. The predicted octanol–water partition coefficient (Wildman–Crippen LogP) is 3.50. The molecule has 2 aliphatic heterocycles. The van der Waals surface area contributed by atoms with Gasteiger partial charge in [-0.1, -0.05) is 30.3 Å². The fraction of sp³-hybridized carbons (Fsp3) is 0.333. The number of ether oxygens (including phenoxy) is 1. The number of hydrogen-bond acceptors (Lipinski definition) is 7. The van der Waals surface area contributed by atoms with Crippen LogP contribution in [0.1, 0.15) is 34.1 Å². The van der Waals surface area contributed by atoms with Gasteiger partial charge in [-0.3, -0.25) is 4.79 Å². The number of hydrogen-bond donors (Lipinski definition) is 0. The molecule has 4 heterocycles. The summed E-state index contributed by atoms with van der Waals surface area (Å²) < 4.78 is 5.72. The Hall–Kier alpha value is -3.28. The molecular weight excluding hydrogens is 422 g/mol. The van der Waals surface area contributed by atoms with Crippen LogP contribution < -0.4 is 4.90 Å². The third-order valence-electron chi connectivity index (χ3n) is 6.13. The predicted molar refractivity (Wildman–Crippen MR) is 123 cm³/mol. The zero-order valence-corrected chi connectivity index (χ0v) is 18.6.